The van der Waals surface area contributed by atoms with Crippen molar-refractivity contribution >= 4 is 19.1 Å². The van der Waals surface area contributed by atoms with E-state index in [9.17, 15) is 24.6 Å². The highest BCUT2D eigenvalue weighted by Gasteiger charge is 2.44. The number of ether oxygens (including phenoxy) is 1. The van der Waals surface area contributed by atoms with Gasteiger partial charge in [0.1, 0.15) is 12.2 Å². The number of hydrogen-bond acceptors (Lipinski definition) is 6. The summed E-state index contributed by atoms with van der Waals surface area (Å²) in [6.07, 6.45) is 2.40. The minimum Gasteiger partial charge on any atom is -0.388 e. The van der Waals surface area contributed by atoms with Gasteiger partial charge in [0, 0.05) is 19.7 Å². The second-order valence-electron chi connectivity index (χ2n) is 7.22. The minimum absolute atomic E-state index is 0.0695. The first-order chi connectivity index (χ1) is 12.0. The van der Waals surface area contributed by atoms with Crippen LogP contribution in [0.1, 0.15) is 25.1 Å². The molecule has 1 aromatic rings. The third-order valence-electron chi connectivity index (χ3n) is 4.20. The molecule has 1 aliphatic heterocycles. The van der Waals surface area contributed by atoms with Crippen LogP contribution < -0.4 is 16.6 Å². The molecule has 1 fully saturated rings. The smallest absolute Gasteiger partial charge is 0.330 e. The third-order valence-corrected chi connectivity index (χ3v) is 5.67. The van der Waals surface area contributed by atoms with E-state index in [2.05, 4.69) is 29.9 Å². The lowest BCUT2D eigenvalue weighted by molar-refractivity contribution is -0.119. The molecule has 10 heteroatoms. The van der Waals surface area contributed by atoms with Crippen molar-refractivity contribution < 1.29 is 19.7 Å². The second-order valence-corrected chi connectivity index (χ2v) is 11.5. The van der Waals surface area contributed by atoms with E-state index >= 15 is 0 Å². The van der Waals surface area contributed by atoms with E-state index in [-0.39, 0.29) is 18.0 Å². The number of nitrogens with zero attached hydrogens (tertiary/aromatic N) is 1. The van der Waals surface area contributed by atoms with E-state index in [0.29, 0.717) is 6.42 Å². The topological polar surface area (TPSA) is 134 Å². The van der Waals surface area contributed by atoms with Gasteiger partial charge in [-0.2, -0.15) is 0 Å². The number of carbonyl (C=O) groups is 1. The maximum atomic E-state index is 12.1. The fraction of sp³-hybridized carbons (Fsp3) is 0.625. The molecule has 0 radical (unpaired) electrons. The molecule has 0 bridgehead atoms. The molecule has 9 nitrogen and oxygen atoms in total. The Labute approximate surface area is 151 Å². The molecule has 1 unspecified atom stereocenters. The van der Waals surface area contributed by atoms with Crippen LogP contribution in [0.15, 0.2) is 15.8 Å². The van der Waals surface area contributed by atoms with E-state index in [0.717, 1.165) is 10.7 Å². The van der Waals surface area contributed by atoms with E-state index in [1.54, 1.807) is 0 Å². The van der Waals surface area contributed by atoms with Crippen molar-refractivity contribution in [2.24, 2.45) is 0 Å². The lowest BCUT2D eigenvalue weighted by Crippen LogP contribution is -2.39. The molecule has 1 aliphatic rings. The average molecular weight is 387 g/mol. The number of hydrogen-bond donors (Lipinski definition) is 4. The van der Waals surface area contributed by atoms with Crippen LogP contribution in [0, 0.1) is 0 Å². The first-order valence-electron chi connectivity index (χ1n) is 8.27. The van der Waals surface area contributed by atoms with Crippen LogP contribution in [0.25, 0.3) is 0 Å². The molecule has 4 N–H and O–H groups in total. The Morgan fingerprint density at radius 2 is 2.04 bits per heavy atom. The van der Waals surface area contributed by atoms with E-state index in [1.165, 1.54) is 13.1 Å². The Morgan fingerprint density at radius 1 is 1.38 bits per heavy atom. The highest BCUT2D eigenvalue weighted by atomic mass is 31.2. The summed E-state index contributed by atoms with van der Waals surface area (Å²) in [5.74, 6) is -0.325. The van der Waals surface area contributed by atoms with Crippen LogP contribution in [-0.4, -0.2) is 69.8 Å². The van der Waals surface area contributed by atoms with Gasteiger partial charge in [-0.05, 0) is 25.9 Å². The van der Waals surface area contributed by atoms with Crippen LogP contribution in [0.5, 0.6) is 0 Å². The molecule has 0 saturated carbocycles. The van der Waals surface area contributed by atoms with Gasteiger partial charge in [0.2, 0.25) is 5.91 Å². The predicted octanol–water partition coefficient (Wildman–Crippen LogP) is -1.11. The number of amides is 1. The Hall–Kier alpha value is -1.67. The van der Waals surface area contributed by atoms with Gasteiger partial charge < -0.3 is 20.3 Å². The molecule has 26 heavy (non-hydrogen) atoms. The maximum absolute atomic E-state index is 12.1. The number of rotatable bonds is 6. The highest BCUT2D eigenvalue weighted by molar-refractivity contribution is 7.72. The quantitative estimate of drug-likeness (QED) is 0.458. The summed E-state index contributed by atoms with van der Waals surface area (Å²) in [5.41, 5.74) is -1.25. The van der Waals surface area contributed by atoms with Crippen molar-refractivity contribution in [3.05, 3.63) is 32.6 Å². The zero-order valence-electron chi connectivity index (χ0n) is 15.1. The minimum atomic E-state index is -1.33. The van der Waals surface area contributed by atoms with E-state index < -0.39 is 42.7 Å². The summed E-state index contributed by atoms with van der Waals surface area (Å²) in [6, 6.07) is 0. The van der Waals surface area contributed by atoms with Crippen molar-refractivity contribution in [1.82, 2.24) is 14.9 Å². The number of H-pyrrole nitrogens is 1. The zero-order chi connectivity index (χ0) is 19.6. The molecule has 4 atom stereocenters. The van der Waals surface area contributed by atoms with Crippen molar-refractivity contribution in [2.75, 3.05) is 19.5 Å². The molecule has 0 aliphatic carbocycles. The van der Waals surface area contributed by atoms with Gasteiger partial charge in [-0.15, -0.1) is 13.2 Å². The summed E-state index contributed by atoms with van der Waals surface area (Å²) in [5, 5.41) is 23.0. The fourth-order valence-corrected chi connectivity index (χ4v) is 3.69. The number of aliphatic hydroxyl groups is 2. The molecule has 0 spiro atoms. The monoisotopic (exact) mass is 387 g/mol. The predicted molar refractivity (Wildman–Crippen MR) is 100 cm³/mol. The van der Waals surface area contributed by atoms with Crippen LogP contribution in [-0.2, 0) is 16.1 Å². The summed E-state index contributed by atoms with van der Waals surface area (Å²) in [6.45, 7) is 4.03. The Bertz CT molecular complexity index is 826. The van der Waals surface area contributed by atoms with Crippen LogP contribution in [0.4, 0.5) is 0 Å². The van der Waals surface area contributed by atoms with Crippen molar-refractivity contribution in [2.45, 2.75) is 44.4 Å². The van der Waals surface area contributed by atoms with Crippen LogP contribution in [0.2, 0.25) is 0 Å². The first-order valence-corrected chi connectivity index (χ1v) is 11.3. The first kappa shape index (κ1) is 20.6. The molecule has 2 rings (SSSR count). The van der Waals surface area contributed by atoms with E-state index in [4.69, 9.17) is 4.74 Å². The molecule has 1 saturated heterocycles. The lowest BCUT2D eigenvalue weighted by atomic mass is 10.1. The number of carbonyl (C=O) groups excluding carboxylic acids is 1. The number of aliphatic hydroxyl groups excluding tert-OH is 2. The average Bonchev–Trinajstić information content (AvgIpc) is 2.79. The number of nitrogens with one attached hydrogen (secondary N) is 2. The van der Waals surface area contributed by atoms with Crippen molar-refractivity contribution in [1.29, 1.82) is 0 Å². The SMILES string of the molecule is C=P(C)(C)CC[C@H]1OC(n2cc(CNC(C)=O)c(=O)[nH]c2=O)[C@H](O)[C@@H]1O. The van der Waals surface area contributed by atoms with Gasteiger partial charge in [-0.1, -0.05) is 0 Å². The fourth-order valence-electron chi connectivity index (χ4n) is 2.74. The lowest BCUT2D eigenvalue weighted by Gasteiger charge is -2.19. The Morgan fingerprint density at radius 3 is 2.62 bits per heavy atom. The Kier molecular flexibility index (Phi) is 6.29. The van der Waals surface area contributed by atoms with Gasteiger partial charge in [0.15, 0.2) is 6.23 Å². The second kappa shape index (κ2) is 7.92. The van der Waals surface area contributed by atoms with Gasteiger partial charge in [0.05, 0.1) is 11.7 Å². The number of aromatic nitrogens is 2. The maximum Gasteiger partial charge on any atom is 0.330 e. The van der Waals surface area contributed by atoms with E-state index in [1.807, 2.05) is 0 Å². The summed E-state index contributed by atoms with van der Waals surface area (Å²) in [7, 11) is 0. The molecular formula is C16H26N3O6P. The zero-order valence-corrected chi connectivity index (χ0v) is 16.0. The molecule has 0 aromatic carbocycles. The molecule has 146 valence electrons. The van der Waals surface area contributed by atoms with Crippen LogP contribution in [0.3, 0.4) is 0 Å². The van der Waals surface area contributed by atoms with Gasteiger partial charge in [-0.3, -0.25) is 19.1 Å². The Balaban J connectivity index is 2.25. The molecule has 2 heterocycles. The van der Waals surface area contributed by atoms with Crippen molar-refractivity contribution in [3.8, 4) is 0 Å². The molecular weight excluding hydrogens is 361 g/mol. The van der Waals surface area contributed by atoms with Gasteiger partial charge in [-0.25, -0.2) is 4.79 Å². The van der Waals surface area contributed by atoms with Crippen molar-refractivity contribution in [3.63, 3.8) is 0 Å². The number of aromatic amines is 1. The summed E-state index contributed by atoms with van der Waals surface area (Å²) >= 11 is 0. The standard InChI is InChI=1S/C16H26N3O6P/c1-9(20)17-7-10-8-19(16(24)18-14(10)23)15-13(22)12(21)11(25-15)5-6-26(2,3)4/h8,11-13,15,21-22H,2,5-7H2,1,3-4H3,(H,17,20)(H,18,23,24)/t11-,12-,13-,15?/m1/s1. The molecule has 1 amide bonds. The third kappa shape index (κ3) is 4.94. The van der Waals surface area contributed by atoms with Gasteiger partial charge >= 0.3 is 5.69 Å². The largest absolute Gasteiger partial charge is 0.388 e. The molecule has 1 aromatic heterocycles. The summed E-state index contributed by atoms with van der Waals surface area (Å²) < 4.78 is 6.75. The highest BCUT2D eigenvalue weighted by Crippen LogP contribution is 2.39. The van der Waals surface area contributed by atoms with Gasteiger partial charge in [0.25, 0.3) is 5.56 Å². The normalized spacial score (nSPS) is 26.0. The van der Waals surface area contributed by atoms with Crippen LogP contribution >= 0.6 is 6.89 Å². The summed E-state index contributed by atoms with van der Waals surface area (Å²) in [4.78, 5) is 37.2.